The van der Waals surface area contributed by atoms with Crippen molar-refractivity contribution in [2.75, 3.05) is 6.86 Å². The first-order valence-electron chi connectivity index (χ1n) is 3.39. The third kappa shape index (κ3) is 1.98. The predicted octanol–water partition coefficient (Wildman–Crippen LogP) is 2.80. The Bertz CT molecular complexity index is 372. The van der Waals surface area contributed by atoms with Crippen molar-refractivity contribution in [2.45, 2.75) is 0 Å². The molecule has 1 rings (SSSR count). The first kappa shape index (κ1) is 10.8. The highest BCUT2D eigenvalue weighted by molar-refractivity contribution is 9.10. The van der Waals surface area contributed by atoms with Gasteiger partial charge in [-0.3, -0.25) is 10.1 Å². The van der Waals surface area contributed by atoms with E-state index in [4.69, 9.17) is 0 Å². The van der Waals surface area contributed by atoms with Crippen molar-refractivity contribution in [3.05, 3.63) is 32.5 Å². The van der Waals surface area contributed by atoms with Crippen LogP contribution in [0, 0.1) is 15.9 Å². The summed E-state index contributed by atoms with van der Waals surface area (Å²) in [5.74, 6) is -1.12. The van der Waals surface area contributed by atoms with Gasteiger partial charge in [0.2, 0.25) is 12.6 Å². The number of benzene rings is 1. The van der Waals surface area contributed by atoms with Gasteiger partial charge in [-0.25, -0.2) is 8.78 Å². The van der Waals surface area contributed by atoms with Crippen LogP contribution in [-0.4, -0.2) is 11.8 Å². The summed E-state index contributed by atoms with van der Waals surface area (Å²) >= 11 is 2.68. The second-order valence-corrected chi connectivity index (χ2v) is 3.01. The highest BCUT2D eigenvalue weighted by Gasteiger charge is 2.22. The van der Waals surface area contributed by atoms with Gasteiger partial charge in [-0.2, -0.15) is 0 Å². The van der Waals surface area contributed by atoms with E-state index >= 15 is 0 Å². The monoisotopic (exact) mass is 267 g/mol. The second kappa shape index (κ2) is 4.32. The van der Waals surface area contributed by atoms with Crippen molar-refractivity contribution in [3.8, 4) is 5.75 Å². The van der Waals surface area contributed by atoms with E-state index in [9.17, 15) is 18.9 Å². The number of nitro benzene ring substituents is 1. The van der Waals surface area contributed by atoms with Crippen LogP contribution in [-0.2, 0) is 0 Å². The van der Waals surface area contributed by atoms with Gasteiger partial charge in [0.15, 0.2) is 0 Å². The summed E-state index contributed by atoms with van der Waals surface area (Å²) in [4.78, 5) is 9.63. The Morgan fingerprint density at radius 3 is 2.71 bits per heavy atom. The van der Waals surface area contributed by atoms with Gasteiger partial charge in [0.25, 0.3) is 0 Å². The highest BCUT2D eigenvalue weighted by atomic mass is 79.9. The summed E-state index contributed by atoms with van der Waals surface area (Å²) in [6, 6.07) is 1.94. The van der Waals surface area contributed by atoms with Crippen molar-refractivity contribution in [3.63, 3.8) is 0 Å². The molecule has 0 spiro atoms. The molecule has 0 amide bonds. The first-order chi connectivity index (χ1) is 6.57. The lowest BCUT2D eigenvalue weighted by Crippen LogP contribution is -1.98. The lowest BCUT2D eigenvalue weighted by atomic mass is 10.3. The molecule has 14 heavy (non-hydrogen) atoms. The standard InChI is InChI=1S/C7H4BrF2NO3/c8-6-4(10)1-2-5(14-3-9)7(6)11(12)13/h1-2H,3H2. The molecule has 1 aromatic rings. The van der Waals surface area contributed by atoms with Crippen LogP contribution >= 0.6 is 15.9 Å². The van der Waals surface area contributed by atoms with Gasteiger partial charge in [-0.1, -0.05) is 0 Å². The van der Waals surface area contributed by atoms with E-state index in [1.54, 1.807) is 0 Å². The summed E-state index contributed by atoms with van der Waals surface area (Å²) in [5.41, 5.74) is -0.623. The minimum Gasteiger partial charge on any atom is -0.456 e. The van der Waals surface area contributed by atoms with Crippen molar-refractivity contribution in [1.29, 1.82) is 0 Å². The molecule has 1 aromatic carbocycles. The fourth-order valence-electron chi connectivity index (χ4n) is 0.868. The minimum absolute atomic E-state index is 0.314. The van der Waals surface area contributed by atoms with E-state index < -0.39 is 23.3 Å². The van der Waals surface area contributed by atoms with E-state index in [0.29, 0.717) is 0 Å². The number of nitro groups is 1. The van der Waals surface area contributed by atoms with Gasteiger partial charge < -0.3 is 4.74 Å². The Kier molecular flexibility index (Phi) is 3.34. The molecule has 0 heterocycles. The molecule has 0 aromatic heterocycles. The number of nitrogens with zero attached hydrogens (tertiary/aromatic N) is 1. The molecule has 0 aliphatic heterocycles. The topological polar surface area (TPSA) is 52.4 Å². The van der Waals surface area contributed by atoms with Crippen molar-refractivity contribution in [2.24, 2.45) is 0 Å². The van der Waals surface area contributed by atoms with Crippen LogP contribution in [0.15, 0.2) is 16.6 Å². The van der Waals surface area contributed by atoms with Gasteiger partial charge in [0.1, 0.15) is 10.3 Å². The molecule has 0 N–H and O–H groups in total. The van der Waals surface area contributed by atoms with Crippen molar-refractivity contribution >= 4 is 21.6 Å². The van der Waals surface area contributed by atoms with E-state index in [2.05, 4.69) is 20.7 Å². The van der Waals surface area contributed by atoms with Crippen molar-refractivity contribution < 1.29 is 18.4 Å². The number of hydrogen-bond acceptors (Lipinski definition) is 3. The molecular weight excluding hydrogens is 264 g/mol. The summed E-state index contributed by atoms with van der Waals surface area (Å²) in [6.45, 7) is -1.21. The summed E-state index contributed by atoms with van der Waals surface area (Å²) < 4.78 is 28.6. The number of alkyl halides is 1. The van der Waals surface area contributed by atoms with Gasteiger partial charge in [-0.05, 0) is 28.1 Å². The molecule has 7 heteroatoms. The lowest BCUT2D eigenvalue weighted by molar-refractivity contribution is -0.387. The molecule has 0 radical (unpaired) electrons. The number of halogens is 3. The maximum absolute atomic E-state index is 12.9. The average molecular weight is 268 g/mol. The SMILES string of the molecule is O=[N+]([O-])c1c(OCF)ccc(F)c1Br. The Balaban J connectivity index is 3.30. The Morgan fingerprint density at radius 2 is 2.21 bits per heavy atom. The van der Waals surface area contributed by atoms with Crippen LogP contribution in [0.4, 0.5) is 14.5 Å². The third-order valence-corrected chi connectivity index (χ3v) is 2.18. The fraction of sp³-hybridized carbons (Fsp3) is 0.143. The quantitative estimate of drug-likeness (QED) is 0.625. The number of rotatable bonds is 3. The molecule has 0 aliphatic carbocycles. The molecule has 0 aliphatic rings. The van der Waals surface area contributed by atoms with Crippen LogP contribution in [0.1, 0.15) is 0 Å². The zero-order chi connectivity index (χ0) is 10.7. The molecule has 76 valence electrons. The highest BCUT2D eigenvalue weighted by Crippen LogP contribution is 2.36. The zero-order valence-corrected chi connectivity index (χ0v) is 8.25. The third-order valence-electron chi connectivity index (χ3n) is 1.42. The fourth-order valence-corrected chi connectivity index (χ4v) is 1.34. The van der Waals surface area contributed by atoms with Crippen LogP contribution in [0.5, 0.6) is 5.75 Å². The normalized spacial score (nSPS) is 9.93. The van der Waals surface area contributed by atoms with Crippen LogP contribution in [0.3, 0.4) is 0 Å². The largest absolute Gasteiger partial charge is 0.456 e. The Hall–Kier alpha value is -1.24. The second-order valence-electron chi connectivity index (χ2n) is 2.22. The molecule has 4 nitrogen and oxygen atoms in total. The van der Waals surface area contributed by atoms with E-state index in [1.165, 1.54) is 0 Å². The summed E-state index contributed by atoms with van der Waals surface area (Å²) in [7, 11) is 0. The van der Waals surface area contributed by atoms with E-state index in [0.717, 1.165) is 12.1 Å². The molecular formula is C7H4BrF2NO3. The van der Waals surface area contributed by atoms with Crippen LogP contribution in [0.25, 0.3) is 0 Å². The predicted molar refractivity (Wildman–Crippen MR) is 47.4 cm³/mol. The summed E-state index contributed by atoms with van der Waals surface area (Å²) in [6.07, 6.45) is 0. The molecule has 0 bridgehead atoms. The maximum atomic E-state index is 12.9. The van der Waals surface area contributed by atoms with Gasteiger partial charge in [0, 0.05) is 0 Å². The van der Waals surface area contributed by atoms with Gasteiger partial charge in [-0.15, -0.1) is 0 Å². The van der Waals surface area contributed by atoms with E-state index in [-0.39, 0.29) is 10.2 Å². The Morgan fingerprint density at radius 1 is 1.57 bits per heavy atom. The Labute approximate surface area is 85.8 Å². The lowest BCUT2D eigenvalue weighted by Gasteiger charge is -2.03. The van der Waals surface area contributed by atoms with Gasteiger partial charge in [0.05, 0.1) is 4.92 Å². The molecule has 0 fully saturated rings. The van der Waals surface area contributed by atoms with E-state index in [1.807, 2.05) is 0 Å². The molecule has 0 saturated heterocycles. The van der Waals surface area contributed by atoms with Crippen LogP contribution in [0.2, 0.25) is 0 Å². The smallest absolute Gasteiger partial charge is 0.328 e. The molecule has 0 atom stereocenters. The number of ether oxygens (including phenoxy) is 1. The minimum atomic E-state index is -1.21. The average Bonchev–Trinajstić information content (AvgIpc) is 2.11. The number of hydrogen-bond donors (Lipinski definition) is 0. The summed E-state index contributed by atoms with van der Waals surface area (Å²) in [5, 5.41) is 10.5. The first-order valence-corrected chi connectivity index (χ1v) is 4.18. The zero-order valence-electron chi connectivity index (χ0n) is 6.67. The van der Waals surface area contributed by atoms with Crippen LogP contribution < -0.4 is 4.74 Å². The molecule has 0 saturated carbocycles. The van der Waals surface area contributed by atoms with Gasteiger partial charge >= 0.3 is 5.69 Å². The maximum Gasteiger partial charge on any atom is 0.328 e. The molecule has 0 unspecified atom stereocenters. The van der Waals surface area contributed by atoms with Crippen molar-refractivity contribution in [1.82, 2.24) is 0 Å².